The number of aliphatic hydroxyl groups is 1. The second-order valence-electron chi connectivity index (χ2n) is 6.99. The molecule has 7 heteroatoms. The van der Waals surface area contributed by atoms with Crippen molar-refractivity contribution in [1.82, 2.24) is 0 Å². The van der Waals surface area contributed by atoms with Gasteiger partial charge in [0.05, 0.1) is 26.0 Å². The van der Waals surface area contributed by atoms with Gasteiger partial charge in [0, 0.05) is 5.56 Å². The maximum absolute atomic E-state index is 8.91. The van der Waals surface area contributed by atoms with Crippen LogP contribution in [0.4, 0.5) is 5.69 Å². The molecule has 1 aliphatic carbocycles. The van der Waals surface area contributed by atoms with Crippen LogP contribution in [0.2, 0.25) is 0 Å². The van der Waals surface area contributed by atoms with Crippen LogP contribution in [0.1, 0.15) is 25.3 Å². The van der Waals surface area contributed by atoms with E-state index in [-0.39, 0.29) is 19.4 Å². The molecule has 29 heavy (non-hydrogen) atoms. The molecule has 0 radical (unpaired) electrons. The average molecular weight is 399 g/mol. The van der Waals surface area contributed by atoms with E-state index in [0.29, 0.717) is 17.5 Å². The summed E-state index contributed by atoms with van der Waals surface area (Å²) in [5.41, 5.74) is 1.61. The van der Waals surface area contributed by atoms with E-state index >= 15 is 0 Å². The van der Waals surface area contributed by atoms with Gasteiger partial charge < -0.3 is 19.3 Å². The molecule has 1 saturated carbocycles. The van der Waals surface area contributed by atoms with Crippen LogP contribution < -0.4 is 20.3 Å². The van der Waals surface area contributed by atoms with E-state index in [0.717, 1.165) is 23.6 Å². The number of aliphatic imine (C=N–C) groups is 1. The number of methoxy groups -OCH3 is 1. The summed E-state index contributed by atoms with van der Waals surface area (Å²) in [5.74, 6) is 9.12. The SMILES string of the molecule is COc1ccc(N(N)/C(=N\C(C)OCC2CC2)c2ccc(OCCO)cc2)cc1. The van der Waals surface area contributed by atoms with Gasteiger partial charge in [-0.05, 0) is 74.2 Å². The Morgan fingerprint density at radius 2 is 1.79 bits per heavy atom. The first-order valence-electron chi connectivity index (χ1n) is 9.83. The number of aliphatic hydroxyl groups excluding tert-OH is 1. The number of nitrogens with two attached hydrogens (primary N) is 1. The molecule has 0 heterocycles. The van der Waals surface area contributed by atoms with E-state index in [4.69, 9.17) is 30.2 Å². The van der Waals surface area contributed by atoms with Gasteiger partial charge in [-0.15, -0.1) is 0 Å². The summed E-state index contributed by atoms with van der Waals surface area (Å²) in [4.78, 5) is 4.74. The van der Waals surface area contributed by atoms with Crippen LogP contribution in [0.25, 0.3) is 0 Å². The van der Waals surface area contributed by atoms with Crippen molar-refractivity contribution in [2.45, 2.75) is 26.0 Å². The summed E-state index contributed by atoms with van der Waals surface area (Å²) in [6.45, 7) is 2.86. The fourth-order valence-corrected chi connectivity index (χ4v) is 2.77. The number of amidine groups is 1. The fraction of sp³-hybridized carbons (Fsp3) is 0.409. The monoisotopic (exact) mass is 399 g/mol. The molecule has 1 unspecified atom stereocenters. The van der Waals surface area contributed by atoms with Gasteiger partial charge in [-0.1, -0.05) is 0 Å². The average Bonchev–Trinajstić information content (AvgIpc) is 3.59. The highest BCUT2D eigenvalue weighted by atomic mass is 16.5. The fourth-order valence-electron chi connectivity index (χ4n) is 2.77. The number of benzene rings is 2. The molecule has 156 valence electrons. The molecular weight excluding hydrogens is 370 g/mol. The van der Waals surface area contributed by atoms with Gasteiger partial charge in [-0.25, -0.2) is 10.8 Å². The second-order valence-corrected chi connectivity index (χ2v) is 6.99. The molecule has 3 rings (SSSR count). The topological polar surface area (TPSA) is 89.5 Å². The molecule has 0 aromatic heterocycles. The number of ether oxygens (including phenoxy) is 3. The number of rotatable bonds is 10. The third-order valence-electron chi connectivity index (χ3n) is 4.63. The van der Waals surface area contributed by atoms with Gasteiger partial charge in [0.15, 0.2) is 5.84 Å². The van der Waals surface area contributed by atoms with Crippen LogP contribution in [-0.4, -0.2) is 44.1 Å². The summed E-state index contributed by atoms with van der Waals surface area (Å²) in [5, 5.41) is 10.5. The summed E-state index contributed by atoms with van der Waals surface area (Å²) < 4.78 is 16.5. The zero-order valence-electron chi connectivity index (χ0n) is 17.0. The van der Waals surface area contributed by atoms with Gasteiger partial charge in [0.2, 0.25) is 0 Å². The zero-order chi connectivity index (χ0) is 20.6. The molecule has 7 nitrogen and oxygen atoms in total. The highest BCUT2D eigenvalue weighted by Crippen LogP contribution is 2.29. The van der Waals surface area contributed by atoms with Gasteiger partial charge in [0.25, 0.3) is 0 Å². The minimum atomic E-state index is -0.319. The van der Waals surface area contributed by atoms with Crippen molar-refractivity contribution < 1.29 is 19.3 Å². The van der Waals surface area contributed by atoms with Crippen molar-refractivity contribution in [1.29, 1.82) is 0 Å². The summed E-state index contributed by atoms with van der Waals surface area (Å²) in [6.07, 6.45) is 2.14. The largest absolute Gasteiger partial charge is 0.497 e. The number of anilines is 1. The lowest BCUT2D eigenvalue weighted by molar-refractivity contribution is 0.0644. The maximum atomic E-state index is 8.91. The van der Waals surface area contributed by atoms with Crippen molar-refractivity contribution in [3.05, 3.63) is 54.1 Å². The molecule has 0 bridgehead atoms. The Balaban J connectivity index is 1.83. The van der Waals surface area contributed by atoms with Crippen LogP contribution in [0, 0.1) is 5.92 Å². The molecular formula is C22H29N3O4. The standard InChI is InChI=1S/C22H29N3O4/c1-16(29-15-17-3-4-17)24-22(18-5-9-21(10-6-18)28-14-13-26)25(23)19-7-11-20(27-2)12-8-19/h5-12,16-17,26H,3-4,13-15,23H2,1-2H3/b24-22-. The number of hydrogen-bond donors (Lipinski definition) is 2. The van der Waals surface area contributed by atoms with Crippen molar-refractivity contribution in [2.24, 2.45) is 16.8 Å². The van der Waals surface area contributed by atoms with Crippen LogP contribution in [0.15, 0.2) is 53.5 Å². The van der Waals surface area contributed by atoms with Crippen molar-refractivity contribution in [3.8, 4) is 11.5 Å². The highest BCUT2D eigenvalue weighted by Gasteiger charge is 2.22. The van der Waals surface area contributed by atoms with E-state index in [1.165, 1.54) is 12.8 Å². The maximum Gasteiger partial charge on any atom is 0.152 e. The lowest BCUT2D eigenvalue weighted by atomic mass is 10.1. The van der Waals surface area contributed by atoms with Crippen molar-refractivity contribution in [3.63, 3.8) is 0 Å². The van der Waals surface area contributed by atoms with E-state index in [2.05, 4.69) is 0 Å². The molecule has 0 amide bonds. The Bertz CT molecular complexity index is 789. The van der Waals surface area contributed by atoms with Crippen LogP contribution in [0.5, 0.6) is 11.5 Å². The summed E-state index contributed by atoms with van der Waals surface area (Å²) in [6, 6.07) is 14.9. The number of nitrogens with zero attached hydrogens (tertiary/aromatic N) is 2. The first kappa shape index (κ1) is 21.1. The molecule has 0 spiro atoms. The van der Waals surface area contributed by atoms with Crippen molar-refractivity contribution in [2.75, 3.05) is 31.9 Å². The minimum absolute atomic E-state index is 0.0294. The lowest BCUT2D eigenvalue weighted by Gasteiger charge is -2.23. The van der Waals surface area contributed by atoms with E-state index in [1.807, 2.05) is 55.5 Å². The van der Waals surface area contributed by atoms with E-state index in [1.54, 1.807) is 12.1 Å². The van der Waals surface area contributed by atoms with Crippen LogP contribution in [-0.2, 0) is 4.74 Å². The third kappa shape index (κ3) is 6.19. The van der Waals surface area contributed by atoms with Gasteiger partial charge in [-0.2, -0.15) is 0 Å². The molecule has 1 atom stereocenters. The molecule has 2 aromatic rings. The predicted molar refractivity (Wildman–Crippen MR) is 113 cm³/mol. The molecule has 0 saturated heterocycles. The Kier molecular flexibility index (Phi) is 7.46. The van der Waals surface area contributed by atoms with Gasteiger partial charge in [-0.3, -0.25) is 5.01 Å². The Morgan fingerprint density at radius 3 is 2.38 bits per heavy atom. The van der Waals surface area contributed by atoms with Crippen LogP contribution in [0.3, 0.4) is 0 Å². The Morgan fingerprint density at radius 1 is 1.14 bits per heavy atom. The molecule has 0 aliphatic heterocycles. The molecule has 3 N–H and O–H groups in total. The predicted octanol–water partition coefficient (Wildman–Crippen LogP) is 2.97. The van der Waals surface area contributed by atoms with E-state index in [9.17, 15) is 0 Å². The van der Waals surface area contributed by atoms with Crippen molar-refractivity contribution >= 4 is 11.5 Å². The van der Waals surface area contributed by atoms with Gasteiger partial charge >= 0.3 is 0 Å². The smallest absolute Gasteiger partial charge is 0.152 e. The molecule has 1 aliphatic rings. The minimum Gasteiger partial charge on any atom is -0.497 e. The normalized spacial score (nSPS) is 15.1. The zero-order valence-corrected chi connectivity index (χ0v) is 17.0. The first-order chi connectivity index (χ1) is 14.1. The molecule has 2 aromatic carbocycles. The third-order valence-corrected chi connectivity index (χ3v) is 4.63. The second kappa shape index (κ2) is 10.2. The summed E-state index contributed by atoms with van der Waals surface area (Å²) >= 11 is 0. The Labute approximate surface area is 171 Å². The van der Waals surface area contributed by atoms with E-state index < -0.39 is 0 Å². The summed E-state index contributed by atoms with van der Waals surface area (Å²) in [7, 11) is 1.63. The Hall–Kier alpha value is -2.61. The number of hydrazine groups is 1. The van der Waals surface area contributed by atoms with Gasteiger partial charge in [0.1, 0.15) is 24.3 Å². The lowest BCUT2D eigenvalue weighted by Crippen LogP contribution is -2.39. The first-order valence-corrected chi connectivity index (χ1v) is 9.83. The highest BCUT2D eigenvalue weighted by molar-refractivity contribution is 6.09. The quantitative estimate of drug-likeness (QED) is 0.276. The van der Waals surface area contributed by atoms with Crippen LogP contribution >= 0.6 is 0 Å². The molecule has 1 fully saturated rings. The number of hydrogen-bond acceptors (Lipinski definition) is 6.